The first-order valence-corrected chi connectivity index (χ1v) is 6.95. The number of hydrogen-bond acceptors (Lipinski definition) is 7. The number of hydrogen-bond donors (Lipinski definition) is 2. The Kier molecular flexibility index (Phi) is 6.44. The number of nitrogens with one attached hydrogen (secondary N) is 2. The molecule has 0 aliphatic carbocycles. The van der Waals surface area contributed by atoms with E-state index in [1.54, 1.807) is 0 Å². The number of amides is 2. The molecule has 1 saturated heterocycles. The summed E-state index contributed by atoms with van der Waals surface area (Å²) in [6, 6.07) is -0.619. The molecule has 0 radical (unpaired) electrons. The predicted octanol–water partition coefficient (Wildman–Crippen LogP) is -0.852. The Hall–Kier alpha value is -2.00. The van der Waals surface area contributed by atoms with Gasteiger partial charge in [0, 0.05) is 33.2 Å². The van der Waals surface area contributed by atoms with Gasteiger partial charge < -0.3 is 4.74 Å². The normalized spacial score (nSPS) is 22.5. The Labute approximate surface area is 128 Å². The molecule has 1 heterocycles. The summed E-state index contributed by atoms with van der Waals surface area (Å²) in [5.41, 5.74) is 5.37. The van der Waals surface area contributed by atoms with Crippen LogP contribution in [-0.2, 0) is 23.9 Å². The van der Waals surface area contributed by atoms with Gasteiger partial charge in [0.1, 0.15) is 5.78 Å². The van der Waals surface area contributed by atoms with Crippen LogP contribution >= 0.6 is 0 Å². The average molecular weight is 314 g/mol. The molecule has 1 fully saturated rings. The fourth-order valence-electron chi connectivity index (χ4n) is 2.04. The number of ether oxygens (including phenoxy) is 1. The third-order valence-electron chi connectivity index (χ3n) is 3.22. The average Bonchev–Trinajstić information content (AvgIpc) is 2.36. The Morgan fingerprint density at radius 1 is 1.09 bits per heavy atom. The molecule has 0 aromatic heterocycles. The van der Waals surface area contributed by atoms with Crippen molar-refractivity contribution in [2.45, 2.75) is 40.2 Å². The molecular formula is C13H22N4O5. The lowest BCUT2D eigenvalue weighted by Gasteiger charge is -2.38. The summed E-state index contributed by atoms with van der Waals surface area (Å²) in [6.07, 6.45) is 0.331. The minimum Gasteiger partial charge on any atom is -0.466 e. The number of carbonyl (C=O) groups is 4. The van der Waals surface area contributed by atoms with Gasteiger partial charge in [-0.2, -0.15) is 5.12 Å². The van der Waals surface area contributed by atoms with Gasteiger partial charge in [0.15, 0.2) is 0 Å². The van der Waals surface area contributed by atoms with Crippen molar-refractivity contribution in [1.29, 1.82) is 0 Å². The highest BCUT2D eigenvalue weighted by Crippen LogP contribution is 2.14. The second-order valence-electron chi connectivity index (χ2n) is 5.28. The molecular weight excluding hydrogens is 292 g/mol. The summed E-state index contributed by atoms with van der Waals surface area (Å²) in [5, 5.41) is 2.24. The fraction of sp³-hybridized carbons (Fsp3) is 0.692. The molecule has 9 nitrogen and oxygen atoms in total. The molecule has 1 aliphatic rings. The molecule has 1 aliphatic heterocycles. The monoisotopic (exact) mass is 314 g/mol. The minimum atomic E-state index is -0.619. The molecule has 2 N–H and O–H groups in total. The SMILES string of the molecule is CC(=O)OCC1CC(C(C)=O)NN(C(C)=O)NN(C(C)=O)C1. The summed E-state index contributed by atoms with van der Waals surface area (Å²) >= 11 is 0. The lowest BCUT2D eigenvalue weighted by atomic mass is 9.98. The maximum Gasteiger partial charge on any atom is 0.302 e. The quantitative estimate of drug-likeness (QED) is 0.653. The van der Waals surface area contributed by atoms with Crippen molar-refractivity contribution in [1.82, 2.24) is 21.1 Å². The van der Waals surface area contributed by atoms with E-state index in [0.29, 0.717) is 6.42 Å². The van der Waals surface area contributed by atoms with Crippen molar-refractivity contribution in [3.05, 3.63) is 0 Å². The molecule has 22 heavy (non-hydrogen) atoms. The van der Waals surface area contributed by atoms with Crippen LogP contribution in [0.25, 0.3) is 0 Å². The first kappa shape index (κ1) is 18.1. The van der Waals surface area contributed by atoms with E-state index in [9.17, 15) is 19.2 Å². The van der Waals surface area contributed by atoms with Crippen molar-refractivity contribution in [3.8, 4) is 0 Å². The van der Waals surface area contributed by atoms with Gasteiger partial charge in [-0.25, -0.2) is 5.43 Å². The third-order valence-corrected chi connectivity index (χ3v) is 3.22. The summed E-state index contributed by atoms with van der Waals surface area (Å²) in [4.78, 5) is 45.9. The lowest BCUT2D eigenvalue weighted by molar-refractivity contribution is -0.158. The molecule has 124 valence electrons. The number of rotatable bonds is 3. The van der Waals surface area contributed by atoms with Gasteiger partial charge in [0.2, 0.25) is 11.8 Å². The van der Waals surface area contributed by atoms with Crippen molar-refractivity contribution in [2.24, 2.45) is 5.92 Å². The Balaban J connectivity index is 2.92. The highest BCUT2D eigenvalue weighted by molar-refractivity contribution is 5.82. The first-order chi connectivity index (χ1) is 10.2. The number of hydrazine groups is 3. The van der Waals surface area contributed by atoms with Crippen LogP contribution in [0.1, 0.15) is 34.1 Å². The van der Waals surface area contributed by atoms with Crippen molar-refractivity contribution < 1.29 is 23.9 Å². The number of Topliss-reactive ketones (excluding diaryl/α,β-unsaturated/α-hetero) is 1. The van der Waals surface area contributed by atoms with E-state index in [0.717, 1.165) is 5.12 Å². The van der Waals surface area contributed by atoms with E-state index in [-0.39, 0.29) is 30.8 Å². The fourth-order valence-corrected chi connectivity index (χ4v) is 2.04. The van der Waals surface area contributed by atoms with Crippen LogP contribution in [0.2, 0.25) is 0 Å². The van der Waals surface area contributed by atoms with Gasteiger partial charge in [0.25, 0.3) is 0 Å². The van der Waals surface area contributed by atoms with Gasteiger partial charge in [-0.1, -0.05) is 0 Å². The summed E-state index contributed by atoms with van der Waals surface area (Å²) < 4.78 is 4.98. The van der Waals surface area contributed by atoms with E-state index in [4.69, 9.17) is 4.74 Å². The van der Waals surface area contributed by atoms with Crippen LogP contribution in [0.15, 0.2) is 0 Å². The highest BCUT2D eigenvalue weighted by atomic mass is 16.5. The van der Waals surface area contributed by atoms with Gasteiger partial charge in [-0.15, -0.1) is 5.53 Å². The Morgan fingerprint density at radius 2 is 1.73 bits per heavy atom. The van der Waals surface area contributed by atoms with Gasteiger partial charge >= 0.3 is 5.97 Å². The van der Waals surface area contributed by atoms with Crippen molar-refractivity contribution >= 4 is 23.6 Å². The molecule has 0 aromatic carbocycles. The van der Waals surface area contributed by atoms with Crippen molar-refractivity contribution in [3.63, 3.8) is 0 Å². The van der Waals surface area contributed by atoms with Crippen LogP contribution in [-0.4, -0.2) is 52.9 Å². The lowest BCUT2D eigenvalue weighted by Crippen LogP contribution is -2.65. The molecule has 2 amide bonds. The van der Waals surface area contributed by atoms with E-state index in [2.05, 4.69) is 11.0 Å². The largest absolute Gasteiger partial charge is 0.466 e. The zero-order valence-corrected chi connectivity index (χ0v) is 13.2. The smallest absolute Gasteiger partial charge is 0.302 e. The number of esters is 1. The number of ketones is 1. The van der Waals surface area contributed by atoms with E-state index >= 15 is 0 Å². The predicted molar refractivity (Wildman–Crippen MR) is 75.4 cm³/mol. The Bertz CT molecular complexity index is 441. The first-order valence-electron chi connectivity index (χ1n) is 6.95. The maximum atomic E-state index is 11.7. The maximum absolute atomic E-state index is 11.7. The van der Waals surface area contributed by atoms with Gasteiger partial charge in [0.05, 0.1) is 12.6 Å². The van der Waals surface area contributed by atoms with Gasteiger partial charge in [-0.05, 0) is 13.3 Å². The molecule has 0 aromatic rings. The van der Waals surface area contributed by atoms with Crippen LogP contribution < -0.4 is 11.0 Å². The zero-order valence-electron chi connectivity index (χ0n) is 13.2. The molecule has 1 rings (SSSR count). The molecule has 2 unspecified atom stereocenters. The summed E-state index contributed by atoms with van der Waals surface area (Å²) in [5.74, 6) is -1.52. The Morgan fingerprint density at radius 3 is 2.18 bits per heavy atom. The topological polar surface area (TPSA) is 108 Å². The van der Waals surface area contributed by atoms with E-state index in [1.165, 1.54) is 32.7 Å². The second-order valence-corrected chi connectivity index (χ2v) is 5.28. The van der Waals surface area contributed by atoms with Crippen LogP contribution in [0.5, 0.6) is 0 Å². The van der Waals surface area contributed by atoms with Crippen LogP contribution in [0, 0.1) is 5.92 Å². The molecule has 9 heteroatoms. The molecule has 0 bridgehead atoms. The minimum absolute atomic E-state index is 0.0896. The number of carbonyl (C=O) groups excluding carboxylic acids is 4. The number of nitrogens with zero attached hydrogens (tertiary/aromatic N) is 2. The standard InChI is InChI=1S/C13H22N4O5/c1-8(18)13-5-12(7-22-11(4)21)6-16(9(2)19)15-17(14-13)10(3)20/h12-15H,5-7H2,1-4H3. The van der Waals surface area contributed by atoms with E-state index < -0.39 is 17.9 Å². The highest BCUT2D eigenvalue weighted by Gasteiger charge is 2.30. The molecule has 0 spiro atoms. The third kappa shape index (κ3) is 5.41. The van der Waals surface area contributed by atoms with Crippen LogP contribution in [0.3, 0.4) is 0 Å². The van der Waals surface area contributed by atoms with E-state index in [1.807, 2.05) is 0 Å². The second kappa shape index (κ2) is 7.85. The molecule has 0 saturated carbocycles. The molecule has 2 atom stereocenters. The zero-order chi connectivity index (χ0) is 16.9. The van der Waals surface area contributed by atoms with Gasteiger partial charge in [-0.3, -0.25) is 24.2 Å². The summed E-state index contributed by atoms with van der Waals surface area (Å²) in [6.45, 7) is 5.64. The summed E-state index contributed by atoms with van der Waals surface area (Å²) in [7, 11) is 0. The van der Waals surface area contributed by atoms with Crippen LogP contribution in [0.4, 0.5) is 0 Å². The van der Waals surface area contributed by atoms with Crippen molar-refractivity contribution in [2.75, 3.05) is 13.2 Å².